The molecular weight excluding hydrogens is 284 g/mol. The molecule has 100 valence electrons. The van der Waals surface area contributed by atoms with Gasteiger partial charge in [-0.15, -0.1) is 11.3 Å². The molecule has 2 N–H and O–H groups in total. The molecule has 0 aliphatic heterocycles. The molecule has 0 aromatic carbocycles. The highest BCUT2D eigenvalue weighted by atomic mass is 35.5. The van der Waals surface area contributed by atoms with E-state index in [1.165, 1.54) is 24.5 Å². The van der Waals surface area contributed by atoms with Gasteiger partial charge in [0, 0.05) is 16.6 Å². The Morgan fingerprint density at radius 2 is 2.16 bits per heavy atom. The lowest BCUT2D eigenvalue weighted by Gasteiger charge is -2.11. The van der Waals surface area contributed by atoms with Crippen LogP contribution in [0.1, 0.15) is 45.6 Å². The van der Waals surface area contributed by atoms with E-state index >= 15 is 0 Å². The lowest BCUT2D eigenvalue weighted by Crippen LogP contribution is -2.26. The number of hydrogen-bond donors (Lipinski definition) is 2. The number of amides is 1. The molecule has 4 nitrogen and oxygen atoms in total. The average molecular weight is 297 g/mol. The maximum atomic E-state index is 12.0. The summed E-state index contributed by atoms with van der Waals surface area (Å²) >= 11 is 7.29. The van der Waals surface area contributed by atoms with Gasteiger partial charge in [-0.1, -0.05) is 11.6 Å². The molecule has 1 amide bonds. The van der Waals surface area contributed by atoms with E-state index in [1.807, 2.05) is 13.0 Å². The number of Topliss-reactive ketones (excluding diaryl/α,β-unsaturated/α-hetero) is 1. The molecule has 0 fully saturated rings. The van der Waals surface area contributed by atoms with Crippen molar-refractivity contribution < 1.29 is 9.59 Å². The second-order valence-corrected chi connectivity index (χ2v) is 5.94. The van der Waals surface area contributed by atoms with Gasteiger partial charge in [0.25, 0.3) is 5.91 Å². The quantitative estimate of drug-likeness (QED) is 0.849. The Labute approximate surface area is 119 Å². The molecule has 0 aliphatic rings. The molecule has 19 heavy (non-hydrogen) atoms. The maximum absolute atomic E-state index is 12.0. The van der Waals surface area contributed by atoms with Crippen LogP contribution in [-0.4, -0.2) is 16.7 Å². The lowest BCUT2D eigenvalue weighted by molar-refractivity contribution is 0.0936. The van der Waals surface area contributed by atoms with Crippen molar-refractivity contribution in [2.75, 3.05) is 0 Å². The van der Waals surface area contributed by atoms with Crippen molar-refractivity contribution in [3.05, 3.63) is 44.9 Å². The number of halogens is 1. The van der Waals surface area contributed by atoms with Crippen molar-refractivity contribution in [3.63, 3.8) is 0 Å². The molecule has 0 saturated carbocycles. The smallest absolute Gasteiger partial charge is 0.268 e. The zero-order valence-electron chi connectivity index (χ0n) is 10.5. The van der Waals surface area contributed by atoms with Crippen LogP contribution >= 0.6 is 22.9 Å². The third-order valence-corrected chi connectivity index (χ3v) is 4.12. The van der Waals surface area contributed by atoms with E-state index < -0.39 is 0 Å². The van der Waals surface area contributed by atoms with Crippen molar-refractivity contribution in [2.24, 2.45) is 0 Å². The fourth-order valence-electron chi connectivity index (χ4n) is 1.64. The number of hydrogen-bond acceptors (Lipinski definition) is 3. The number of rotatable bonds is 4. The number of ketones is 1. The Bertz CT molecular complexity index is 618. The molecule has 0 aliphatic carbocycles. The molecule has 0 bridgehead atoms. The molecule has 0 spiro atoms. The number of aromatic nitrogens is 1. The second-order valence-electron chi connectivity index (χ2n) is 4.20. The van der Waals surface area contributed by atoms with Gasteiger partial charge in [-0.3, -0.25) is 9.59 Å². The van der Waals surface area contributed by atoms with Crippen molar-refractivity contribution in [1.82, 2.24) is 10.3 Å². The Morgan fingerprint density at radius 1 is 1.42 bits per heavy atom. The number of thiophene rings is 1. The third kappa shape index (κ3) is 3.24. The lowest BCUT2D eigenvalue weighted by atomic mass is 10.2. The molecule has 2 heterocycles. The minimum atomic E-state index is -0.246. The van der Waals surface area contributed by atoms with Gasteiger partial charge >= 0.3 is 0 Å². The van der Waals surface area contributed by atoms with Crippen molar-refractivity contribution in [3.8, 4) is 0 Å². The number of carbonyl (C=O) groups excluding carboxylic acids is 2. The Kier molecular flexibility index (Phi) is 4.07. The number of H-pyrrole nitrogens is 1. The molecule has 2 aromatic rings. The Hall–Kier alpha value is -1.59. The maximum Gasteiger partial charge on any atom is 0.268 e. The largest absolute Gasteiger partial charge is 0.356 e. The van der Waals surface area contributed by atoms with Crippen LogP contribution < -0.4 is 5.32 Å². The van der Waals surface area contributed by atoms with Gasteiger partial charge in [-0.2, -0.15) is 0 Å². The van der Waals surface area contributed by atoms with Gasteiger partial charge in [0.05, 0.1) is 10.4 Å². The summed E-state index contributed by atoms with van der Waals surface area (Å²) in [6, 6.07) is 5.10. The van der Waals surface area contributed by atoms with Crippen LogP contribution in [0.3, 0.4) is 0 Å². The fraction of sp³-hybridized carbons (Fsp3) is 0.231. The predicted octanol–water partition coefficient (Wildman–Crippen LogP) is 3.42. The molecule has 1 atom stereocenters. The van der Waals surface area contributed by atoms with Crippen molar-refractivity contribution in [2.45, 2.75) is 19.9 Å². The molecule has 2 rings (SSSR count). The van der Waals surface area contributed by atoms with Crippen LogP contribution in [0, 0.1) is 0 Å². The van der Waals surface area contributed by atoms with Crippen LogP contribution in [-0.2, 0) is 0 Å². The van der Waals surface area contributed by atoms with Gasteiger partial charge in [0.2, 0.25) is 0 Å². The van der Waals surface area contributed by atoms with E-state index in [0.717, 1.165) is 4.88 Å². The van der Waals surface area contributed by atoms with Crippen LogP contribution in [0.15, 0.2) is 24.4 Å². The first-order valence-corrected chi connectivity index (χ1v) is 6.92. The van der Waals surface area contributed by atoms with Gasteiger partial charge in [0.1, 0.15) is 5.69 Å². The van der Waals surface area contributed by atoms with Gasteiger partial charge in [-0.05, 0) is 32.0 Å². The van der Waals surface area contributed by atoms with Gasteiger partial charge in [-0.25, -0.2) is 0 Å². The number of carbonyl (C=O) groups is 2. The fourth-order valence-corrected chi connectivity index (χ4v) is 2.70. The first-order chi connectivity index (χ1) is 8.97. The molecule has 0 saturated heterocycles. The van der Waals surface area contributed by atoms with E-state index in [4.69, 9.17) is 11.6 Å². The van der Waals surface area contributed by atoms with Gasteiger partial charge in [0.15, 0.2) is 5.78 Å². The predicted molar refractivity (Wildman–Crippen MR) is 76.0 cm³/mol. The number of aromatic amines is 1. The monoisotopic (exact) mass is 296 g/mol. The van der Waals surface area contributed by atoms with E-state index in [1.54, 1.807) is 12.1 Å². The highest BCUT2D eigenvalue weighted by Crippen LogP contribution is 2.26. The zero-order valence-corrected chi connectivity index (χ0v) is 12.1. The second kappa shape index (κ2) is 5.59. The summed E-state index contributed by atoms with van der Waals surface area (Å²) in [6.07, 6.45) is 1.53. The summed E-state index contributed by atoms with van der Waals surface area (Å²) in [4.78, 5) is 26.9. The topological polar surface area (TPSA) is 62.0 Å². The zero-order chi connectivity index (χ0) is 14.0. The third-order valence-electron chi connectivity index (χ3n) is 2.70. The molecule has 0 radical (unpaired) electrons. The summed E-state index contributed by atoms with van der Waals surface area (Å²) < 4.78 is 0.690. The number of nitrogens with one attached hydrogen (secondary N) is 2. The first-order valence-electron chi connectivity index (χ1n) is 5.73. The Morgan fingerprint density at radius 3 is 2.68 bits per heavy atom. The molecule has 6 heteroatoms. The molecule has 1 unspecified atom stereocenters. The minimum Gasteiger partial charge on any atom is -0.356 e. The van der Waals surface area contributed by atoms with E-state index in [-0.39, 0.29) is 17.7 Å². The summed E-state index contributed by atoms with van der Waals surface area (Å²) in [5.74, 6) is -0.321. The Balaban J connectivity index is 2.06. The van der Waals surface area contributed by atoms with Crippen LogP contribution in [0.2, 0.25) is 4.34 Å². The molecular formula is C13H13ClN2O2S. The SMILES string of the molecule is CC(=O)c1c[nH]c(C(=O)NC(C)c2ccc(Cl)s2)c1. The van der Waals surface area contributed by atoms with E-state index in [2.05, 4.69) is 10.3 Å². The van der Waals surface area contributed by atoms with E-state index in [0.29, 0.717) is 15.6 Å². The van der Waals surface area contributed by atoms with Crippen molar-refractivity contribution >= 4 is 34.6 Å². The van der Waals surface area contributed by atoms with Crippen molar-refractivity contribution in [1.29, 1.82) is 0 Å². The highest BCUT2D eigenvalue weighted by molar-refractivity contribution is 7.16. The minimum absolute atomic E-state index is 0.0756. The van der Waals surface area contributed by atoms with Crippen LogP contribution in [0.5, 0.6) is 0 Å². The average Bonchev–Trinajstić information content (AvgIpc) is 2.96. The van der Waals surface area contributed by atoms with Crippen LogP contribution in [0.4, 0.5) is 0 Å². The van der Waals surface area contributed by atoms with E-state index in [9.17, 15) is 9.59 Å². The summed E-state index contributed by atoms with van der Waals surface area (Å²) in [5, 5.41) is 2.85. The standard InChI is InChI=1S/C13H13ClN2O2S/c1-7(11-3-4-12(14)19-11)16-13(18)10-5-9(6-15-10)8(2)17/h3-7,15H,1-2H3,(H,16,18). The first kappa shape index (κ1) is 13.8. The van der Waals surface area contributed by atoms with Crippen LogP contribution in [0.25, 0.3) is 0 Å². The van der Waals surface area contributed by atoms with Gasteiger partial charge < -0.3 is 10.3 Å². The summed E-state index contributed by atoms with van der Waals surface area (Å²) in [7, 11) is 0. The summed E-state index contributed by atoms with van der Waals surface area (Å²) in [6.45, 7) is 3.34. The molecule has 2 aromatic heterocycles. The normalized spacial score (nSPS) is 12.2. The highest BCUT2D eigenvalue weighted by Gasteiger charge is 2.15. The summed E-state index contributed by atoms with van der Waals surface area (Å²) in [5.41, 5.74) is 0.872.